The van der Waals surface area contributed by atoms with E-state index in [0.29, 0.717) is 18.9 Å². The van der Waals surface area contributed by atoms with Crippen LogP contribution < -0.4 is 9.47 Å². The van der Waals surface area contributed by atoms with Gasteiger partial charge in [-0.2, -0.15) is 0 Å². The van der Waals surface area contributed by atoms with Crippen molar-refractivity contribution in [3.63, 3.8) is 0 Å². The lowest BCUT2D eigenvalue weighted by atomic mass is 10.3. The summed E-state index contributed by atoms with van der Waals surface area (Å²) in [4.78, 5) is 23.6. The molecular weight excluding hydrogens is 392 g/mol. The van der Waals surface area contributed by atoms with Gasteiger partial charge in [-0.15, -0.1) is 0 Å². The Kier molecular flexibility index (Phi) is 6.76. The van der Waals surface area contributed by atoms with Crippen LogP contribution in [0.15, 0.2) is 53.0 Å². The van der Waals surface area contributed by atoms with E-state index in [-0.39, 0.29) is 18.2 Å². The van der Waals surface area contributed by atoms with Gasteiger partial charge in [-0.05, 0) is 36.4 Å². The minimum Gasteiger partial charge on any atom is -0.492 e. The number of likely N-dealkylation sites (N-methyl/N-ethyl adjacent to an activating group) is 1. The number of rotatable bonds is 8. The Morgan fingerprint density at radius 1 is 1.08 bits per heavy atom. The molecule has 0 aromatic heterocycles. The topological polar surface area (TPSA) is 81.9 Å². The zero-order valence-electron chi connectivity index (χ0n) is 13.6. The molecule has 25 heavy (non-hydrogen) atoms. The first kappa shape index (κ1) is 18.7. The normalized spacial score (nSPS) is 10.2. The Labute approximate surface area is 153 Å². The van der Waals surface area contributed by atoms with Crippen LogP contribution in [-0.4, -0.2) is 42.5 Å². The van der Waals surface area contributed by atoms with E-state index in [1.165, 1.54) is 29.2 Å². The monoisotopic (exact) mass is 408 g/mol. The van der Waals surface area contributed by atoms with E-state index in [1.54, 1.807) is 7.05 Å². The van der Waals surface area contributed by atoms with Gasteiger partial charge in [0.15, 0.2) is 6.61 Å². The van der Waals surface area contributed by atoms with Crippen LogP contribution in [0.25, 0.3) is 0 Å². The van der Waals surface area contributed by atoms with Crippen LogP contribution in [0.2, 0.25) is 0 Å². The molecular formula is C17H17BrN2O5. The maximum atomic E-state index is 12.0. The minimum absolute atomic E-state index is 0.0270. The van der Waals surface area contributed by atoms with Crippen molar-refractivity contribution in [1.29, 1.82) is 0 Å². The predicted molar refractivity (Wildman–Crippen MR) is 95.9 cm³/mol. The Morgan fingerprint density at radius 3 is 2.24 bits per heavy atom. The molecule has 2 rings (SSSR count). The largest absolute Gasteiger partial charge is 0.492 e. The Bertz CT molecular complexity index is 719. The van der Waals surface area contributed by atoms with Crippen LogP contribution in [0.5, 0.6) is 11.5 Å². The molecule has 0 unspecified atom stereocenters. The highest BCUT2D eigenvalue weighted by atomic mass is 79.9. The molecule has 0 bridgehead atoms. The van der Waals surface area contributed by atoms with Crippen molar-refractivity contribution in [2.45, 2.75) is 0 Å². The number of benzene rings is 2. The van der Waals surface area contributed by atoms with E-state index in [1.807, 2.05) is 24.3 Å². The molecule has 0 spiro atoms. The first-order chi connectivity index (χ1) is 12.0. The summed E-state index contributed by atoms with van der Waals surface area (Å²) in [6.45, 7) is 0.631. The van der Waals surface area contributed by atoms with Gasteiger partial charge < -0.3 is 14.4 Å². The molecule has 0 heterocycles. The van der Waals surface area contributed by atoms with Crippen LogP contribution in [0.3, 0.4) is 0 Å². The van der Waals surface area contributed by atoms with Crippen molar-refractivity contribution in [2.24, 2.45) is 0 Å². The zero-order valence-corrected chi connectivity index (χ0v) is 15.1. The van der Waals surface area contributed by atoms with E-state index in [2.05, 4.69) is 15.9 Å². The molecule has 132 valence electrons. The Hall–Kier alpha value is -2.61. The second-order valence-electron chi connectivity index (χ2n) is 5.16. The SMILES string of the molecule is CN(CCOc1ccc(Br)cc1)C(=O)COc1ccc([N+](=O)[O-])cc1. The summed E-state index contributed by atoms with van der Waals surface area (Å²) in [6.07, 6.45) is 0. The number of carbonyl (C=O) groups excluding carboxylic acids is 1. The quantitative estimate of drug-likeness (QED) is 0.494. The second kappa shape index (κ2) is 9.03. The summed E-state index contributed by atoms with van der Waals surface area (Å²) < 4.78 is 11.9. The summed E-state index contributed by atoms with van der Waals surface area (Å²) in [5.41, 5.74) is -0.0270. The van der Waals surface area contributed by atoms with E-state index in [0.717, 1.165) is 10.2 Å². The van der Waals surface area contributed by atoms with Gasteiger partial charge in [0.05, 0.1) is 11.5 Å². The van der Waals surface area contributed by atoms with Crippen molar-refractivity contribution in [2.75, 3.05) is 26.8 Å². The second-order valence-corrected chi connectivity index (χ2v) is 6.07. The average Bonchev–Trinajstić information content (AvgIpc) is 2.61. The van der Waals surface area contributed by atoms with Crippen molar-refractivity contribution >= 4 is 27.5 Å². The fourth-order valence-corrected chi connectivity index (χ4v) is 2.14. The highest BCUT2D eigenvalue weighted by molar-refractivity contribution is 9.10. The molecule has 0 fully saturated rings. The maximum absolute atomic E-state index is 12.0. The van der Waals surface area contributed by atoms with Crippen LogP contribution in [-0.2, 0) is 4.79 Å². The molecule has 0 saturated carbocycles. The summed E-state index contributed by atoms with van der Waals surface area (Å²) in [7, 11) is 1.66. The van der Waals surface area contributed by atoms with Crippen molar-refractivity contribution in [3.8, 4) is 11.5 Å². The molecule has 0 atom stereocenters. The number of carbonyl (C=O) groups is 1. The fourth-order valence-electron chi connectivity index (χ4n) is 1.88. The molecule has 0 N–H and O–H groups in total. The van der Waals surface area contributed by atoms with Gasteiger partial charge in [-0.1, -0.05) is 15.9 Å². The van der Waals surface area contributed by atoms with Gasteiger partial charge in [-0.3, -0.25) is 14.9 Å². The van der Waals surface area contributed by atoms with E-state index in [9.17, 15) is 14.9 Å². The van der Waals surface area contributed by atoms with E-state index < -0.39 is 4.92 Å². The third-order valence-corrected chi connectivity index (χ3v) is 3.87. The summed E-state index contributed by atoms with van der Waals surface area (Å²) >= 11 is 3.35. The molecule has 0 saturated heterocycles. The maximum Gasteiger partial charge on any atom is 0.269 e. The van der Waals surface area contributed by atoms with Gasteiger partial charge in [0, 0.05) is 23.7 Å². The highest BCUT2D eigenvalue weighted by Crippen LogP contribution is 2.17. The standard InChI is InChI=1S/C17H17BrN2O5/c1-19(10-11-24-15-6-2-13(18)3-7-15)17(21)12-25-16-8-4-14(5-9-16)20(22)23/h2-9H,10-12H2,1H3. The zero-order chi connectivity index (χ0) is 18.2. The van der Waals surface area contributed by atoms with Crippen molar-refractivity contribution in [3.05, 3.63) is 63.1 Å². The molecule has 2 aromatic rings. The van der Waals surface area contributed by atoms with Crippen LogP contribution in [0.4, 0.5) is 5.69 Å². The Balaban J connectivity index is 1.72. The smallest absolute Gasteiger partial charge is 0.269 e. The third kappa shape index (κ3) is 6.07. The first-order valence-electron chi connectivity index (χ1n) is 7.45. The molecule has 0 aliphatic heterocycles. The number of ether oxygens (including phenoxy) is 2. The van der Waals surface area contributed by atoms with Gasteiger partial charge in [-0.25, -0.2) is 0 Å². The van der Waals surface area contributed by atoms with Gasteiger partial charge in [0.25, 0.3) is 11.6 Å². The number of halogens is 1. The molecule has 1 amide bonds. The van der Waals surface area contributed by atoms with Crippen LogP contribution >= 0.6 is 15.9 Å². The summed E-state index contributed by atoms with van der Waals surface area (Å²) in [6, 6.07) is 13.0. The molecule has 0 aliphatic carbocycles. The number of nitrogens with zero attached hydrogens (tertiary/aromatic N) is 2. The molecule has 0 aliphatic rings. The summed E-state index contributed by atoms with van der Waals surface area (Å²) in [5.74, 6) is 0.919. The lowest BCUT2D eigenvalue weighted by molar-refractivity contribution is -0.384. The van der Waals surface area contributed by atoms with Gasteiger partial charge >= 0.3 is 0 Å². The first-order valence-corrected chi connectivity index (χ1v) is 8.24. The fraction of sp³-hybridized carbons (Fsp3) is 0.235. The average molecular weight is 409 g/mol. The summed E-state index contributed by atoms with van der Waals surface area (Å²) in [5, 5.41) is 10.6. The van der Waals surface area contributed by atoms with E-state index >= 15 is 0 Å². The lowest BCUT2D eigenvalue weighted by Crippen LogP contribution is -2.34. The van der Waals surface area contributed by atoms with Gasteiger partial charge in [0.1, 0.15) is 18.1 Å². The number of amides is 1. The number of hydrogen-bond donors (Lipinski definition) is 0. The van der Waals surface area contributed by atoms with Crippen molar-refractivity contribution in [1.82, 2.24) is 4.90 Å². The van der Waals surface area contributed by atoms with Crippen LogP contribution in [0, 0.1) is 10.1 Å². The number of hydrogen-bond acceptors (Lipinski definition) is 5. The van der Waals surface area contributed by atoms with Crippen LogP contribution in [0.1, 0.15) is 0 Å². The van der Waals surface area contributed by atoms with Gasteiger partial charge in [0.2, 0.25) is 0 Å². The highest BCUT2D eigenvalue weighted by Gasteiger charge is 2.11. The van der Waals surface area contributed by atoms with Crippen molar-refractivity contribution < 1.29 is 19.2 Å². The number of non-ortho nitro benzene ring substituents is 1. The predicted octanol–water partition coefficient (Wildman–Crippen LogP) is 3.27. The molecule has 7 nitrogen and oxygen atoms in total. The molecule has 8 heteroatoms. The Morgan fingerprint density at radius 2 is 1.64 bits per heavy atom. The third-order valence-electron chi connectivity index (χ3n) is 3.34. The number of nitro groups is 1. The van der Waals surface area contributed by atoms with E-state index in [4.69, 9.17) is 9.47 Å². The molecule has 0 radical (unpaired) electrons. The lowest BCUT2D eigenvalue weighted by Gasteiger charge is -2.17. The number of nitro benzene ring substituents is 1. The minimum atomic E-state index is -0.492. The molecule has 2 aromatic carbocycles.